The highest BCUT2D eigenvalue weighted by atomic mass is 16.1. The zero-order valence-electron chi connectivity index (χ0n) is 16.9. The van der Waals surface area contributed by atoms with Gasteiger partial charge in [-0.05, 0) is 50.4 Å². The predicted molar refractivity (Wildman–Crippen MR) is 113 cm³/mol. The highest BCUT2D eigenvalue weighted by Gasteiger charge is 2.26. The molecule has 7 nitrogen and oxygen atoms in total. The van der Waals surface area contributed by atoms with Gasteiger partial charge in [0.2, 0.25) is 0 Å². The van der Waals surface area contributed by atoms with Gasteiger partial charge in [-0.1, -0.05) is 38.2 Å². The van der Waals surface area contributed by atoms with Crippen molar-refractivity contribution in [2.45, 2.75) is 57.3 Å². The van der Waals surface area contributed by atoms with Crippen LogP contribution >= 0.6 is 0 Å². The Hall–Kier alpha value is -2.41. The third-order valence-corrected chi connectivity index (χ3v) is 6.80. The molecule has 3 heterocycles. The molecule has 1 unspecified atom stereocenters. The third kappa shape index (κ3) is 3.88. The molecule has 5 rings (SSSR count). The van der Waals surface area contributed by atoms with Gasteiger partial charge in [0, 0.05) is 17.8 Å². The van der Waals surface area contributed by atoms with Crippen molar-refractivity contribution in [1.82, 2.24) is 29.9 Å². The van der Waals surface area contributed by atoms with Gasteiger partial charge in [0.05, 0.1) is 17.4 Å². The van der Waals surface area contributed by atoms with E-state index in [1.807, 2.05) is 18.2 Å². The van der Waals surface area contributed by atoms with Crippen molar-refractivity contribution in [2.24, 2.45) is 5.92 Å². The summed E-state index contributed by atoms with van der Waals surface area (Å²) in [6.07, 6.45) is 12.4. The van der Waals surface area contributed by atoms with E-state index in [2.05, 4.69) is 20.1 Å². The van der Waals surface area contributed by atoms with E-state index in [1.54, 1.807) is 6.20 Å². The molecule has 1 aromatic carbocycles. The normalized spacial score (nSPS) is 21.7. The minimum absolute atomic E-state index is 0.173. The van der Waals surface area contributed by atoms with E-state index in [0.29, 0.717) is 5.92 Å². The molecule has 2 aromatic heterocycles. The average Bonchev–Trinajstić information content (AvgIpc) is 3.40. The van der Waals surface area contributed by atoms with Gasteiger partial charge in [0.1, 0.15) is 5.82 Å². The first-order chi connectivity index (χ1) is 14.3. The predicted octanol–water partition coefficient (Wildman–Crippen LogP) is 3.59. The van der Waals surface area contributed by atoms with Crippen molar-refractivity contribution >= 4 is 10.9 Å². The number of nitrogens with zero attached hydrogens (tertiary/aromatic N) is 4. The SMILES string of the molecule is O=c1[nH]c(C2CCCN(CCC3CCCCC3)C2)nn1-c1cccc2[nH]ncc12. The number of aromatic amines is 2. The quantitative estimate of drug-likeness (QED) is 0.693. The molecule has 1 saturated heterocycles. The lowest BCUT2D eigenvalue weighted by Gasteiger charge is -2.33. The molecule has 7 heteroatoms. The van der Waals surface area contributed by atoms with Gasteiger partial charge in [0.15, 0.2) is 0 Å². The molecule has 1 saturated carbocycles. The summed E-state index contributed by atoms with van der Waals surface area (Å²) in [5.74, 6) is 2.03. The van der Waals surface area contributed by atoms with E-state index in [4.69, 9.17) is 5.10 Å². The van der Waals surface area contributed by atoms with Crippen LogP contribution in [-0.2, 0) is 0 Å². The molecule has 3 aromatic rings. The molecular formula is C22H30N6O. The lowest BCUT2D eigenvalue weighted by Crippen LogP contribution is -2.36. The maximum Gasteiger partial charge on any atom is 0.348 e. The fraction of sp³-hybridized carbons (Fsp3) is 0.591. The molecule has 154 valence electrons. The van der Waals surface area contributed by atoms with Crippen LogP contribution in [0.25, 0.3) is 16.6 Å². The second-order valence-electron chi connectivity index (χ2n) is 8.77. The summed E-state index contributed by atoms with van der Waals surface area (Å²) in [4.78, 5) is 18.3. The van der Waals surface area contributed by atoms with Crippen molar-refractivity contribution in [2.75, 3.05) is 19.6 Å². The number of benzene rings is 1. The number of rotatable bonds is 5. The number of likely N-dealkylation sites (tertiary alicyclic amines) is 1. The summed E-state index contributed by atoms with van der Waals surface area (Å²) < 4.78 is 1.49. The first-order valence-electron chi connectivity index (χ1n) is 11.1. The monoisotopic (exact) mass is 394 g/mol. The molecule has 0 bridgehead atoms. The van der Waals surface area contributed by atoms with E-state index < -0.39 is 0 Å². The number of piperidine rings is 1. The van der Waals surface area contributed by atoms with Crippen LogP contribution in [0.5, 0.6) is 0 Å². The van der Waals surface area contributed by atoms with Crippen LogP contribution < -0.4 is 5.69 Å². The summed E-state index contributed by atoms with van der Waals surface area (Å²) in [6, 6.07) is 5.79. The Kier molecular flexibility index (Phi) is 5.23. The smallest absolute Gasteiger partial charge is 0.303 e. The Morgan fingerprint density at radius 3 is 2.90 bits per heavy atom. The van der Waals surface area contributed by atoms with Crippen LogP contribution in [0.3, 0.4) is 0 Å². The van der Waals surface area contributed by atoms with Crippen LogP contribution in [0.2, 0.25) is 0 Å². The van der Waals surface area contributed by atoms with Crippen LogP contribution in [-0.4, -0.2) is 49.5 Å². The molecule has 1 aliphatic heterocycles. The highest BCUT2D eigenvalue weighted by Crippen LogP contribution is 2.29. The summed E-state index contributed by atoms with van der Waals surface area (Å²) in [5, 5.41) is 12.7. The fourth-order valence-corrected chi connectivity index (χ4v) is 5.15. The van der Waals surface area contributed by atoms with Crippen LogP contribution in [0.1, 0.15) is 63.1 Å². The third-order valence-electron chi connectivity index (χ3n) is 6.80. The fourth-order valence-electron chi connectivity index (χ4n) is 5.15. The van der Waals surface area contributed by atoms with Gasteiger partial charge in [-0.2, -0.15) is 9.78 Å². The molecule has 1 aliphatic carbocycles. The van der Waals surface area contributed by atoms with E-state index in [0.717, 1.165) is 41.3 Å². The average molecular weight is 395 g/mol. The Morgan fingerprint density at radius 1 is 1.10 bits per heavy atom. The van der Waals surface area contributed by atoms with E-state index in [9.17, 15) is 4.79 Å². The zero-order valence-corrected chi connectivity index (χ0v) is 16.9. The summed E-state index contributed by atoms with van der Waals surface area (Å²) in [6.45, 7) is 3.35. The molecule has 0 amide bonds. The van der Waals surface area contributed by atoms with E-state index >= 15 is 0 Å². The number of hydrogen-bond donors (Lipinski definition) is 2. The number of hydrogen-bond acceptors (Lipinski definition) is 4. The van der Waals surface area contributed by atoms with Crippen LogP contribution in [0.15, 0.2) is 29.2 Å². The van der Waals surface area contributed by atoms with Crippen molar-refractivity contribution in [3.05, 3.63) is 40.7 Å². The molecule has 2 N–H and O–H groups in total. The van der Waals surface area contributed by atoms with Crippen LogP contribution in [0, 0.1) is 5.92 Å². The summed E-state index contributed by atoms with van der Waals surface area (Å²) in [5.41, 5.74) is 1.51. The lowest BCUT2D eigenvalue weighted by atomic mass is 9.86. The molecule has 2 fully saturated rings. The van der Waals surface area contributed by atoms with Crippen molar-refractivity contribution in [3.8, 4) is 5.69 Å². The van der Waals surface area contributed by atoms with Gasteiger partial charge >= 0.3 is 5.69 Å². The Labute approximate surface area is 170 Å². The Bertz CT molecular complexity index is 1010. The number of H-pyrrole nitrogens is 2. The van der Waals surface area contributed by atoms with Gasteiger partial charge < -0.3 is 4.90 Å². The first kappa shape index (κ1) is 18.6. The minimum atomic E-state index is -0.173. The van der Waals surface area contributed by atoms with Gasteiger partial charge in [-0.25, -0.2) is 4.79 Å². The van der Waals surface area contributed by atoms with Crippen molar-refractivity contribution in [1.29, 1.82) is 0 Å². The van der Waals surface area contributed by atoms with Gasteiger partial charge in [-0.3, -0.25) is 10.1 Å². The first-order valence-corrected chi connectivity index (χ1v) is 11.1. The molecular weight excluding hydrogens is 364 g/mol. The topological polar surface area (TPSA) is 82.6 Å². The number of fused-ring (bicyclic) bond motifs is 1. The van der Waals surface area contributed by atoms with Crippen molar-refractivity contribution in [3.63, 3.8) is 0 Å². The lowest BCUT2D eigenvalue weighted by molar-refractivity contribution is 0.182. The standard InChI is InChI=1S/C22H30N6O/c29-22-24-21(26-28(22)20-10-4-9-19-18(20)14-23-25-19)17-8-5-12-27(15-17)13-11-16-6-2-1-3-7-16/h4,9-10,14,16-17H,1-3,5-8,11-13,15H2,(H,23,25)(H,24,26,29). The second-order valence-corrected chi connectivity index (χ2v) is 8.77. The summed E-state index contributed by atoms with van der Waals surface area (Å²) in [7, 11) is 0. The molecule has 2 aliphatic rings. The van der Waals surface area contributed by atoms with Crippen molar-refractivity contribution < 1.29 is 0 Å². The second kappa shape index (κ2) is 8.14. The molecule has 0 radical (unpaired) electrons. The maximum absolute atomic E-state index is 12.7. The Morgan fingerprint density at radius 2 is 2.00 bits per heavy atom. The Balaban J connectivity index is 1.30. The zero-order chi connectivity index (χ0) is 19.6. The summed E-state index contributed by atoms with van der Waals surface area (Å²) >= 11 is 0. The maximum atomic E-state index is 12.7. The number of aromatic nitrogens is 5. The van der Waals surface area contributed by atoms with Gasteiger partial charge in [-0.15, -0.1) is 5.10 Å². The molecule has 29 heavy (non-hydrogen) atoms. The molecule has 0 spiro atoms. The largest absolute Gasteiger partial charge is 0.348 e. The highest BCUT2D eigenvalue weighted by molar-refractivity contribution is 5.86. The van der Waals surface area contributed by atoms with E-state index in [-0.39, 0.29) is 5.69 Å². The van der Waals surface area contributed by atoms with Crippen LogP contribution in [0.4, 0.5) is 0 Å². The van der Waals surface area contributed by atoms with Gasteiger partial charge in [0.25, 0.3) is 0 Å². The molecule has 1 atom stereocenters. The van der Waals surface area contributed by atoms with E-state index in [1.165, 1.54) is 62.7 Å². The number of nitrogens with one attached hydrogen (secondary N) is 2. The minimum Gasteiger partial charge on any atom is -0.303 e.